The molecule has 0 saturated heterocycles. The molecule has 0 aromatic heterocycles. The lowest BCUT2D eigenvalue weighted by Gasteiger charge is -2.10. The quantitative estimate of drug-likeness (QED) is 0.134. The van der Waals surface area contributed by atoms with E-state index >= 15 is 0 Å². The summed E-state index contributed by atoms with van der Waals surface area (Å²) < 4.78 is 0. The Kier molecular flexibility index (Phi) is 12.9. The summed E-state index contributed by atoms with van der Waals surface area (Å²) in [6, 6.07) is 0. The van der Waals surface area contributed by atoms with Crippen molar-refractivity contribution in [3.8, 4) is 0 Å². The van der Waals surface area contributed by atoms with Crippen LogP contribution < -0.4 is 30.6 Å². The van der Waals surface area contributed by atoms with E-state index in [2.05, 4.69) is 19.7 Å². The number of ketones is 9. The largest absolute Gasteiger partial charge is 0.872 e. The monoisotopic (exact) mass is 688 g/mol. The Morgan fingerprint density at radius 2 is 0.620 bits per heavy atom. The second-order valence-electron chi connectivity index (χ2n) is 10.9. The van der Waals surface area contributed by atoms with Crippen LogP contribution in [0.3, 0.4) is 0 Å². The molecule has 15 nitrogen and oxygen atoms in total. The number of carbonyl (C=O) groups is 9. The molecule has 0 saturated carbocycles. The summed E-state index contributed by atoms with van der Waals surface area (Å²) in [4.78, 5) is 96.2. The van der Waals surface area contributed by atoms with E-state index in [-0.39, 0.29) is 55.9 Å². The zero-order chi connectivity index (χ0) is 39.4. The van der Waals surface area contributed by atoms with E-state index in [9.17, 15) is 73.8 Å². The first-order chi connectivity index (χ1) is 22.8. The van der Waals surface area contributed by atoms with E-state index < -0.39 is 86.7 Å². The van der Waals surface area contributed by atoms with Crippen LogP contribution in [0.15, 0.2) is 104 Å². The molecule has 0 spiro atoms. The average Bonchev–Trinajstić information content (AvgIpc) is 3.60. The number of hydrogen-bond acceptors (Lipinski definition) is 15. The van der Waals surface area contributed by atoms with Crippen LogP contribution in [0.4, 0.5) is 0 Å². The Balaban J connectivity index is 0.000000312. The lowest BCUT2D eigenvalue weighted by atomic mass is 10.1. The molecule has 0 radical (unpaired) electrons. The van der Waals surface area contributed by atoms with Gasteiger partial charge in [0.05, 0.1) is 5.92 Å². The molecule has 50 heavy (non-hydrogen) atoms. The third-order valence-corrected chi connectivity index (χ3v) is 7.60. The molecule has 0 bridgehead atoms. The first kappa shape index (κ1) is 41.5. The van der Waals surface area contributed by atoms with Gasteiger partial charge in [0.15, 0.2) is 17.3 Å². The zero-order valence-corrected chi connectivity index (χ0v) is 27.8. The van der Waals surface area contributed by atoms with Gasteiger partial charge in [-0.1, -0.05) is 59.9 Å². The van der Waals surface area contributed by atoms with Gasteiger partial charge in [-0.25, -0.2) is 0 Å². The second-order valence-corrected chi connectivity index (χ2v) is 10.9. The standard InChI is InChI=1S/2C7H8O3.3C7H6O3/c5*1-3-5(8)4(2)7(10)6(3)9/h8H,1-2H3,(H,9,10);3,10H,1-2H3;3*8H,1H2,2H3/p-6. The van der Waals surface area contributed by atoms with Gasteiger partial charge in [0.2, 0.25) is 34.7 Å². The minimum Gasteiger partial charge on any atom is -0.872 e. The molecule has 0 N–H and O–H groups in total. The highest BCUT2D eigenvalue weighted by molar-refractivity contribution is 6.53. The van der Waals surface area contributed by atoms with E-state index in [4.69, 9.17) is 0 Å². The number of rotatable bonds is 0. The molecule has 0 fully saturated rings. The predicted octanol–water partition coefficient (Wildman–Crippen LogP) is -3.77. The van der Waals surface area contributed by atoms with E-state index in [1.54, 1.807) is 0 Å². The fourth-order valence-corrected chi connectivity index (χ4v) is 3.98. The van der Waals surface area contributed by atoms with Gasteiger partial charge in [-0.3, -0.25) is 43.2 Å². The summed E-state index contributed by atoms with van der Waals surface area (Å²) in [6.07, 6.45) is 0. The highest BCUT2D eigenvalue weighted by atomic mass is 16.3. The average molecular weight is 689 g/mol. The molecule has 1 unspecified atom stereocenters. The van der Waals surface area contributed by atoms with Crippen molar-refractivity contribution in [1.82, 2.24) is 0 Å². The summed E-state index contributed by atoms with van der Waals surface area (Å²) in [5.41, 5.74) is -0.505. The van der Waals surface area contributed by atoms with Crippen LogP contribution in [-0.4, -0.2) is 52.0 Å². The summed E-state index contributed by atoms with van der Waals surface area (Å²) in [5.74, 6) is -9.92. The maximum Gasteiger partial charge on any atom is 0.231 e. The normalized spacial score (nSPS) is 20.6. The van der Waals surface area contributed by atoms with E-state index in [1.165, 1.54) is 48.5 Å². The van der Waals surface area contributed by atoms with Crippen molar-refractivity contribution in [3.05, 3.63) is 104 Å². The zero-order valence-electron chi connectivity index (χ0n) is 27.8. The van der Waals surface area contributed by atoms with Crippen LogP contribution in [-0.2, 0) is 43.2 Å². The Morgan fingerprint density at radius 3 is 0.680 bits per heavy atom. The SMILES string of the molecule is C=C1C(=O)C(=O)C(C)=C1[O-].C=C1C(=O)C(=O)C(C)=C1[O-].C=C1C(=O)C(=O)C(C)=C1[O-].CC1=C([O-])C(=O)C(C)=C1[O-].CC1=C([O-])C(=O)C(C)C1=O. The topological polar surface area (TPSA) is 292 Å². The van der Waals surface area contributed by atoms with Crippen LogP contribution in [0.1, 0.15) is 48.5 Å². The molecule has 264 valence electrons. The molecule has 0 amide bonds. The van der Waals surface area contributed by atoms with Crippen molar-refractivity contribution >= 4 is 52.0 Å². The lowest BCUT2D eigenvalue weighted by molar-refractivity contribution is -0.309. The summed E-state index contributed by atoms with van der Waals surface area (Å²) in [5, 5.41) is 64.5. The van der Waals surface area contributed by atoms with Gasteiger partial charge in [-0.05, 0) is 76.3 Å². The van der Waals surface area contributed by atoms with Gasteiger partial charge in [0.1, 0.15) is 0 Å². The molecule has 0 aliphatic heterocycles. The van der Waals surface area contributed by atoms with Gasteiger partial charge in [0.25, 0.3) is 0 Å². The van der Waals surface area contributed by atoms with E-state index in [1.807, 2.05) is 0 Å². The molecule has 0 heterocycles. The maximum atomic E-state index is 10.8. The fraction of sp³-hybridized carbons (Fsp3) is 0.229. The molecule has 5 aliphatic carbocycles. The Morgan fingerprint density at radius 1 is 0.340 bits per heavy atom. The minimum atomic E-state index is -0.762. The molecular formula is C35H28O15-6. The lowest BCUT2D eigenvalue weighted by Crippen LogP contribution is -2.17. The number of allylic oxidation sites excluding steroid dienone is 10. The second kappa shape index (κ2) is 15.6. The highest BCUT2D eigenvalue weighted by Crippen LogP contribution is 2.22. The molecule has 1 atom stereocenters. The molecular weight excluding hydrogens is 660 g/mol. The smallest absolute Gasteiger partial charge is 0.231 e. The Bertz CT molecular complexity index is 1680. The van der Waals surface area contributed by atoms with Crippen LogP contribution >= 0.6 is 0 Å². The van der Waals surface area contributed by atoms with Gasteiger partial charge in [-0.2, -0.15) is 0 Å². The molecule has 5 aliphatic rings. The van der Waals surface area contributed by atoms with Gasteiger partial charge >= 0.3 is 0 Å². The first-order valence-corrected chi connectivity index (χ1v) is 14.0. The third kappa shape index (κ3) is 7.78. The van der Waals surface area contributed by atoms with Crippen molar-refractivity contribution < 1.29 is 73.8 Å². The predicted molar refractivity (Wildman–Crippen MR) is 158 cm³/mol. The molecule has 0 aromatic rings. The van der Waals surface area contributed by atoms with Crippen LogP contribution in [0.5, 0.6) is 0 Å². The summed E-state index contributed by atoms with van der Waals surface area (Å²) >= 11 is 0. The number of hydrogen-bond donors (Lipinski definition) is 0. The molecule has 0 aromatic carbocycles. The van der Waals surface area contributed by atoms with Gasteiger partial charge in [0, 0.05) is 16.7 Å². The van der Waals surface area contributed by atoms with Crippen LogP contribution in [0, 0.1) is 5.92 Å². The fourth-order valence-electron chi connectivity index (χ4n) is 3.98. The van der Waals surface area contributed by atoms with E-state index in [0.29, 0.717) is 0 Å². The Labute approximate surface area is 284 Å². The van der Waals surface area contributed by atoms with Crippen LogP contribution in [0.25, 0.3) is 0 Å². The highest BCUT2D eigenvalue weighted by Gasteiger charge is 2.30. The van der Waals surface area contributed by atoms with Crippen molar-refractivity contribution in [1.29, 1.82) is 0 Å². The van der Waals surface area contributed by atoms with Gasteiger partial charge in [-0.15, -0.1) is 0 Å². The minimum absolute atomic E-state index is 0.0185. The number of carbonyl (C=O) groups excluding carboxylic acids is 9. The third-order valence-electron chi connectivity index (χ3n) is 7.60. The van der Waals surface area contributed by atoms with Crippen molar-refractivity contribution in [2.45, 2.75) is 48.5 Å². The molecule has 15 heteroatoms. The van der Waals surface area contributed by atoms with Gasteiger partial charge < -0.3 is 30.6 Å². The van der Waals surface area contributed by atoms with Crippen molar-refractivity contribution in [2.24, 2.45) is 5.92 Å². The number of Topliss-reactive ketones (excluding diaryl/α,β-unsaturated/α-hetero) is 9. The van der Waals surface area contributed by atoms with E-state index in [0.717, 1.165) is 0 Å². The van der Waals surface area contributed by atoms with Crippen molar-refractivity contribution in [3.63, 3.8) is 0 Å². The summed E-state index contributed by atoms with van der Waals surface area (Å²) in [6.45, 7) is 19.1. The Hall–Kier alpha value is -6.51. The molecule has 5 rings (SSSR count). The van der Waals surface area contributed by atoms with Crippen molar-refractivity contribution in [2.75, 3.05) is 0 Å². The maximum absolute atomic E-state index is 10.8. The first-order valence-electron chi connectivity index (χ1n) is 14.0. The summed E-state index contributed by atoms with van der Waals surface area (Å²) in [7, 11) is 0. The van der Waals surface area contributed by atoms with Crippen LogP contribution in [0.2, 0.25) is 0 Å².